The lowest BCUT2D eigenvalue weighted by Crippen LogP contribution is -2.16. The fourth-order valence-corrected chi connectivity index (χ4v) is 3.49. The van der Waals surface area contributed by atoms with Crippen molar-refractivity contribution in [3.8, 4) is 17.5 Å². The summed E-state index contributed by atoms with van der Waals surface area (Å²) in [6.45, 7) is 5.45. The lowest BCUT2D eigenvalue weighted by atomic mass is 10.0. The zero-order valence-electron chi connectivity index (χ0n) is 18.7. The average Bonchev–Trinajstić information content (AvgIpc) is 3.12. The summed E-state index contributed by atoms with van der Waals surface area (Å²) in [4.78, 5) is 30.6. The highest BCUT2D eigenvalue weighted by Gasteiger charge is 2.22. The molecule has 34 heavy (non-hydrogen) atoms. The number of aromatic nitrogens is 2. The van der Waals surface area contributed by atoms with Crippen LogP contribution in [0.2, 0.25) is 0 Å². The molecule has 10 nitrogen and oxygen atoms in total. The molecule has 2 aromatic carbocycles. The van der Waals surface area contributed by atoms with Crippen LogP contribution in [0, 0.1) is 11.3 Å². The Balaban J connectivity index is 0.000000751. The van der Waals surface area contributed by atoms with Crippen LogP contribution in [0.3, 0.4) is 0 Å². The number of nitriles is 1. The summed E-state index contributed by atoms with van der Waals surface area (Å²) in [7, 11) is 3.62. The van der Waals surface area contributed by atoms with Crippen LogP contribution in [-0.2, 0) is 7.05 Å². The van der Waals surface area contributed by atoms with Gasteiger partial charge in [0.1, 0.15) is 23.0 Å². The first-order chi connectivity index (χ1) is 16.1. The van der Waals surface area contributed by atoms with Gasteiger partial charge in [-0.05, 0) is 43.8 Å². The van der Waals surface area contributed by atoms with E-state index in [2.05, 4.69) is 17.6 Å². The Labute approximate surface area is 193 Å². The Morgan fingerprint density at radius 2 is 1.91 bits per heavy atom. The molecular formula is C24H22N4O6. The summed E-state index contributed by atoms with van der Waals surface area (Å²) < 4.78 is 7.21. The number of anilines is 1. The van der Waals surface area contributed by atoms with E-state index in [1.165, 1.54) is 12.1 Å². The van der Waals surface area contributed by atoms with Gasteiger partial charge in [0.05, 0.1) is 22.2 Å². The molecule has 2 aromatic heterocycles. The number of carbonyl (C=O) groups is 1. The van der Waals surface area contributed by atoms with Crippen molar-refractivity contribution in [2.45, 2.75) is 6.92 Å². The number of carboxylic acid groups (broad SMARTS) is 1. The van der Waals surface area contributed by atoms with Gasteiger partial charge < -0.3 is 29.2 Å². The van der Waals surface area contributed by atoms with E-state index in [4.69, 9.17) is 14.6 Å². The second-order valence-electron chi connectivity index (χ2n) is 7.37. The molecule has 0 aliphatic heterocycles. The highest BCUT2D eigenvalue weighted by Crippen LogP contribution is 2.30. The first kappa shape index (κ1) is 23.9. The standard InChI is InChI=1S/C22H18N4O4.C2H4O2/c1-4-25(2)13-6-7-14-15(11-23)19(22(29)30-18(14)10-13)20-24-16-9-12(21(27)28)5-8-17(16)26(20)3;1-2(3)4/h5-10H,4H2,1-3H3,(H,27,28);3-4H,1H2. The summed E-state index contributed by atoms with van der Waals surface area (Å²) in [6, 6.07) is 12.0. The van der Waals surface area contributed by atoms with Gasteiger partial charge in [-0.3, -0.25) is 0 Å². The van der Waals surface area contributed by atoms with E-state index in [0.717, 1.165) is 12.2 Å². The van der Waals surface area contributed by atoms with E-state index in [1.54, 1.807) is 29.8 Å². The second kappa shape index (κ2) is 9.38. The third-order valence-electron chi connectivity index (χ3n) is 5.27. The van der Waals surface area contributed by atoms with Crippen LogP contribution in [-0.4, -0.2) is 44.4 Å². The van der Waals surface area contributed by atoms with E-state index in [-0.39, 0.29) is 22.5 Å². The lowest BCUT2D eigenvalue weighted by Gasteiger charge is -2.17. The van der Waals surface area contributed by atoms with E-state index in [0.29, 0.717) is 22.0 Å². The Kier molecular flexibility index (Phi) is 6.58. The largest absolute Gasteiger partial charge is 0.482 e. The number of aliphatic hydroxyl groups excluding tert-OH is 1. The predicted octanol–water partition coefficient (Wildman–Crippen LogP) is 3.95. The molecule has 0 radical (unpaired) electrons. The van der Waals surface area contributed by atoms with Crippen LogP contribution in [0.25, 0.3) is 33.4 Å². The van der Waals surface area contributed by atoms with E-state index in [9.17, 15) is 20.0 Å². The zero-order chi connectivity index (χ0) is 25.2. The van der Waals surface area contributed by atoms with Gasteiger partial charge in [-0.2, -0.15) is 5.26 Å². The maximum Gasteiger partial charge on any atom is 0.348 e. The molecule has 0 amide bonds. The number of carboxylic acids is 1. The molecule has 174 valence electrons. The summed E-state index contributed by atoms with van der Waals surface area (Å²) >= 11 is 0. The molecule has 0 atom stereocenters. The lowest BCUT2D eigenvalue weighted by molar-refractivity contribution is 0.0697. The Morgan fingerprint density at radius 3 is 2.50 bits per heavy atom. The molecule has 0 saturated carbocycles. The first-order valence-electron chi connectivity index (χ1n) is 10.1. The van der Waals surface area contributed by atoms with Gasteiger partial charge in [-0.1, -0.05) is 0 Å². The van der Waals surface area contributed by atoms with Crippen LogP contribution in [0.4, 0.5) is 5.69 Å². The minimum atomic E-state index is -1.07. The SMILES string of the molecule is C=C(O)O.CCN(C)c1ccc2c(C#N)c(-c3nc4cc(C(=O)O)ccc4n3C)c(=O)oc2c1. The van der Waals surface area contributed by atoms with Crippen molar-refractivity contribution in [1.29, 1.82) is 5.26 Å². The minimum absolute atomic E-state index is 0.0529. The molecule has 0 aliphatic carbocycles. The highest BCUT2D eigenvalue weighted by atomic mass is 16.5. The molecule has 4 rings (SSSR count). The van der Waals surface area contributed by atoms with Gasteiger partial charge in [0.15, 0.2) is 0 Å². The monoisotopic (exact) mass is 462 g/mol. The number of nitrogens with zero attached hydrogens (tertiary/aromatic N) is 4. The van der Waals surface area contributed by atoms with Crippen molar-refractivity contribution in [2.75, 3.05) is 18.5 Å². The fourth-order valence-electron chi connectivity index (χ4n) is 3.49. The summed E-state index contributed by atoms with van der Waals surface area (Å²) in [5.74, 6) is -1.66. The number of aryl methyl sites for hydroxylation is 1. The van der Waals surface area contributed by atoms with Gasteiger partial charge in [0, 0.05) is 37.8 Å². The normalized spacial score (nSPS) is 10.4. The predicted molar refractivity (Wildman–Crippen MR) is 127 cm³/mol. The highest BCUT2D eigenvalue weighted by molar-refractivity contribution is 5.95. The van der Waals surface area contributed by atoms with Crippen LogP contribution in [0.5, 0.6) is 0 Å². The number of benzene rings is 2. The number of aliphatic hydroxyl groups is 2. The number of aromatic carboxylic acids is 1. The van der Waals surface area contributed by atoms with Crippen LogP contribution in [0.1, 0.15) is 22.8 Å². The van der Waals surface area contributed by atoms with Crippen LogP contribution < -0.4 is 10.5 Å². The third-order valence-corrected chi connectivity index (χ3v) is 5.27. The summed E-state index contributed by atoms with van der Waals surface area (Å²) in [6.07, 6.45) is 0. The van der Waals surface area contributed by atoms with Gasteiger partial charge in [0.2, 0.25) is 0 Å². The van der Waals surface area contributed by atoms with Crippen molar-refractivity contribution >= 4 is 33.7 Å². The van der Waals surface area contributed by atoms with Crippen molar-refractivity contribution < 1.29 is 24.5 Å². The molecule has 0 fully saturated rings. The molecule has 3 N–H and O–H groups in total. The van der Waals surface area contributed by atoms with Gasteiger partial charge in [-0.15, -0.1) is 0 Å². The minimum Gasteiger partial charge on any atom is -0.482 e. The Hall–Kier alpha value is -4.78. The average molecular weight is 462 g/mol. The number of imidazole rings is 1. The maximum atomic E-state index is 12.9. The van der Waals surface area contributed by atoms with Gasteiger partial charge in [0.25, 0.3) is 5.95 Å². The van der Waals surface area contributed by atoms with Crippen molar-refractivity contribution in [1.82, 2.24) is 9.55 Å². The summed E-state index contributed by atoms with van der Waals surface area (Å²) in [5, 5.41) is 34.4. The third kappa shape index (κ3) is 4.40. The zero-order valence-corrected chi connectivity index (χ0v) is 18.7. The van der Waals surface area contributed by atoms with Crippen molar-refractivity contribution in [3.05, 3.63) is 70.5 Å². The molecule has 0 unspecified atom stereocenters. The van der Waals surface area contributed by atoms with E-state index >= 15 is 0 Å². The topological polar surface area (TPSA) is 153 Å². The molecule has 0 aliphatic rings. The van der Waals surface area contributed by atoms with Crippen LogP contribution in [0.15, 0.2) is 58.1 Å². The van der Waals surface area contributed by atoms with E-state index < -0.39 is 17.5 Å². The van der Waals surface area contributed by atoms with Crippen molar-refractivity contribution in [2.24, 2.45) is 7.05 Å². The number of hydrogen-bond donors (Lipinski definition) is 3. The molecule has 0 spiro atoms. The summed E-state index contributed by atoms with van der Waals surface area (Å²) in [5.41, 5.74) is 1.88. The molecule has 0 saturated heterocycles. The molecule has 0 bridgehead atoms. The number of hydrogen-bond acceptors (Lipinski definition) is 8. The number of rotatable bonds is 4. The van der Waals surface area contributed by atoms with E-state index in [1.807, 2.05) is 24.9 Å². The van der Waals surface area contributed by atoms with Crippen LogP contribution >= 0.6 is 0 Å². The molecule has 2 heterocycles. The maximum absolute atomic E-state index is 12.9. The quantitative estimate of drug-likeness (QED) is 0.302. The van der Waals surface area contributed by atoms with Crippen molar-refractivity contribution in [3.63, 3.8) is 0 Å². The smallest absolute Gasteiger partial charge is 0.348 e. The fraction of sp³-hybridized carbons (Fsp3) is 0.167. The molecule has 10 heteroatoms. The number of fused-ring (bicyclic) bond motifs is 2. The van der Waals surface area contributed by atoms with Gasteiger partial charge in [-0.25, -0.2) is 14.6 Å². The first-order valence-corrected chi connectivity index (χ1v) is 10.1. The molecular weight excluding hydrogens is 440 g/mol. The van der Waals surface area contributed by atoms with Gasteiger partial charge >= 0.3 is 11.6 Å². The Morgan fingerprint density at radius 1 is 1.24 bits per heavy atom. The second-order valence-corrected chi connectivity index (χ2v) is 7.37. The Bertz CT molecular complexity index is 1520. The molecule has 4 aromatic rings.